The van der Waals surface area contributed by atoms with E-state index in [1.54, 1.807) is 11.9 Å². The van der Waals surface area contributed by atoms with Crippen LogP contribution < -0.4 is 0 Å². The van der Waals surface area contributed by atoms with Gasteiger partial charge in [-0.25, -0.2) is 0 Å². The molecule has 0 saturated heterocycles. The minimum Gasteiger partial charge on any atom is -0.469 e. The molecule has 104 valence electrons. The van der Waals surface area contributed by atoms with E-state index in [4.69, 9.17) is 0 Å². The molecule has 0 aliphatic carbocycles. The van der Waals surface area contributed by atoms with Gasteiger partial charge in [0, 0.05) is 25.6 Å². The van der Waals surface area contributed by atoms with Crippen LogP contribution in [0.4, 0.5) is 0 Å². The van der Waals surface area contributed by atoms with E-state index in [0.717, 1.165) is 16.7 Å². The molecule has 4 nitrogen and oxygen atoms in total. The van der Waals surface area contributed by atoms with Crippen LogP contribution in [-0.2, 0) is 9.53 Å². The van der Waals surface area contributed by atoms with Gasteiger partial charge < -0.3 is 9.64 Å². The summed E-state index contributed by atoms with van der Waals surface area (Å²) in [5.74, 6) is -0.242. The van der Waals surface area contributed by atoms with Gasteiger partial charge in [-0.3, -0.25) is 9.59 Å². The van der Waals surface area contributed by atoms with Crippen LogP contribution in [0.2, 0.25) is 0 Å². The molecule has 0 spiro atoms. The Labute approximate surface area is 114 Å². The second-order valence-corrected chi connectivity index (χ2v) is 4.67. The highest BCUT2D eigenvalue weighted by molar-refractivity contribution is 5.96. The third-order valence-electron chi connectivity index (χ3n) is 3.14. The first-order valence-electron chi connectivity index (χ1n) is 6.36. The molecular formula is C15H21NO3. The number of amides is 1. The van der Waals surface area contributed by atoms with Crippen molar-refractivity contribution in [1.29, 1.82) is 0 Å². The Kier molecular flexibility index (Phi) is 5.55. The Morgan fingerprint density at radius 3 is 2.32 bits per heavy atom. The standard InChI is InChI=1S/C15H21NO3/c1-11-7-5-8-12(2)14(11)15(18)16(3)10-6-9-13(17)19-4/h5,7-8H,6,9-10H2,1-4H3. The molecule has 0 aromatic heterocycles. The normalized spacial score (nSPS) is 10.1. The maximum absolute atomic E-state index is 12.3. The van der Waals surface area contributed by atoms with E-state index in [0.29, 0.717) is 19.4 Å². The first-order valence-corrected chi connectivity index (χ1v) is 6.36. The van der Waals surface area contributed by atoms with Gasteiger partial charge in [-0.1, -0.05) is 18.2 Å². The summed E-state index contributed by atoms with van der Waals surface area (Å²) in [6.07, 6.45) is 0.945. The van der Waals surface area contributed by atoms with E-state index < -0.39 is 0 Å². The largest absolute Gasteiger partial charge is 0.469 e. The van der Waals surface area contributed by atoms with Crippen molar-refractivity contribution in [3.63, 3.8) is 0 Å². The Morgan fingerprint density at radius 2 is 1.79 bits per heavy atom. The lowest BCUT2D eigenvalue weighted by Gasteiger charge is -2.19. The van der Waals surface area contributed by atoms with E-state index in [-0.39, 0.29) is 11.9 Å². The number of hydrogen-bond acceptors (Lipinski definition) is 3. The zero-order valence-corrected chi connectivity index (χ0v) is 12.0. The van der Waals surface area contributed by atoms with Crippen molar-refractivity contribution in [2.24, 2.45) is 0 Å². The molecule has 0 aliphatic rings. The first kappa shape index (κ1) is 15.2. The molecule has 4 heteroatoms. The van der Waals surface area contributed by atoms with Gasteiger partial charge in [0.2, 0.25) is 0 Å². The van der Waals surface area contributed by atoms with Gasteiger partial charge >= 0.3 is 5.97 Å². The molecule has 0 aliphatic heterocycles. The molecule has 1 amide bonds. The Morgan fingerprint density at radius 1 is 1.21 bits per heavy atom. The molecule has 1 aromatic rings. The summed E-state index contributed by atoms with van der Waals surface area (Å²) in [5, 5.41) is 0. The third kappa shape index (κ3) is 4.09. The van der Waals surface area contributed by atoms with E-state index in [2.05, 4.69) is 4.74 Å². The maximum Gasteiger partial charge on any atom is 0.305 e. The summed E-state index contributed by atoms with van der Waals surface area (Å²) in [6, 6.07) is 5.81. The molecule has 0 radical (unpaired) electrons. The number of esters is 1. The van der Waals surface area contributed by atoms with E-state index in [9.17, 15) is 9.59 Å². The molecular weight excluding hydrogens is 242 g/mol. The van der Waals surface area contributed by atoms with Crippen molar-refractivity contribution in [2.75, 3.05) is 20.7 Å². The summed E-state index contributed by atoms with van der Waals surface area (Å²) < 4.78 is 4.57. The fourth-order valence-electron chi connectivity index (χ4n) is 2.01. The van der Waals surface area contributed by atoms with E-state index >= 15 is 0 Å². The maximum atomic E-state index is 12.3. The van der Waals surface area contributed by atoms with Gasteiger partial charge in [0.1, 0.15) is 0 Å². The van der Waals surface area contributed by atoms with Crippen molar-refractivity contribution in [1.82, 2.24) is 4.90 Å². The van der Waals surface area contributed by atoms with Crippen LogP contribution >= 0.6 is 0 Å². The first-order chi connectivity index (χ1) is 8.97. The highest BCUT2D eigenvalue weighted by Crippen LogP contribution is 2.15. The fraction of sp³-hybridized carbons (Fsp3) is 0.467. The highest BCUT2D eigenvalue weighted by Gasteiger charge is 2.16. The molecule has 1 rings (SSSR count). The Bertz CT molecular complexity index is 448. The van der Waals surface area contributed by atoms with Crippen molar-refractivity contribution in [2.45, 2.75) is 26.7 Å². The van der Waals surface area contributed by atoms with Gasteiger partial charge in [-0.2, -0.15) is 0 Å². The number of nitrogens with zero attached hydrogens (tertiary/aromatic N) is 1. The average molecular weight is 263 g/mol. The lowest BCUT2D eigenvalue weighted by atomic mass is 10.0. The molecule has 0 heterocycles. The summed E-state index contributed by atoms with van der Waals surface area (Å²) >= 11 is 0. The molecule has 0 unspecified atom stereocenters. The molecule has 0 atom stereocenters. The minimum absolute atomic E-state index is 0.000431. The second kappa shape index (κ2) is 6.92. The van der Waals surface area contributed by atoms with Gasteiger partial charge in [-0.15, -0.1) is 0 Å². The van der Waals surface area contributed by atoms with Crippen LogP contribution in [-0.4, -0.2) is 37.5 Å². The van der Waals surface area contributed by atoms with Crippen LogP contribution in [0.25, 0.3) is 0 Å². The topological polar surface area (TPSA) is 46.6 Å². The predicted octanol–water partition coefficient (Wildman–Crippen LogP) is 2.33. The zero-order chi connectivity index (χ0) is 14.4. The number of hydrogen-bond donors (Lipinski definition) is 0. The Balaban J connectivity index is 2.64. The zero-order valence-electron chi connectivity index (χ0n) is 12.0. The van der Waals surface area contributed by atoms with Crippen molar-refractivity contribution in [3.8, 4) is 0 Å². The van der Waals surface area contributed by atoms with Crippen LogP contribution in [0.5, 0.6) is 0 Å². The number of aryl methyl sites for hydroxylation is 2. The fourth-order valence-corrected chi connectivity index (χ4v) is 2.01. The lowest BCUT2D eigenvalue weighted by Crippen LogP contribution is -2.29. The predicted molar refractivity (Wildman–Crippen MR) is 74.1 cm³/mol. The number of ether oxygens (including phenoxy) is 1. The monoisotopic (exact) mass is 263 g/mol. The van der Waals surface area contributed by atoms with Crippen LogP contribution in [0.3, 0.4) is 0 Å². The number of rotatable bonds is 5. The highest BCUT2D eigenvalue weighted by atomic mass is 16.5. The summed E-state index contributed by atoms with van der Waals surface area (Å²) in [5.41, 5.74) is 2.71. The average Bonchev–Trinajstić information content (AvgIpc) is 2.37. The van der Waals surface area contributed by atoms with E-state index in [1.165, 1.54) is 7.11 Å². The van der Waals surface area contributed by atoms with Crippen molar-refractivity contribution >= 4 is 11.9 Å². The third-order valence-corrected chi connectivity index (χ3v) is 3.14. The number of carbonyl (C=O) groups excluding carboxylic acids is 2. The Hall–Kier alpha value is -1.84. The van der Waals surface area contributed by atoms with Crippen molar-refractivity contribution < 1.29 is 14.3 Å². The van der Waals surface area contributed by atoms with Gasteiger partial charge in [0.05, 0.1) is 7.11 Å². The smallest absolute Gasteiger partial charge is 0.305 e. The lowest BCUT2D eigenvalue weighted by molar-refractivity contribution is -0.140. The molecule has 1 aromatic carbocycles. The summed E-state index contributed by atoms with van der Waals surface area (Å²) in [7, 11) is 3.12. The van der Waals surface area contributed by atoms with E-state index in [1.807, 2.05) is 32.0 Å². The van der Waals surface area contributed by atoms with Crippen LogP contribution in [0.1, 0.15) is 34.3 Å². The summed E-state index contributed by atoms with van der Waals surface area (Å²) in [6.45, 7) is 4.41. The van der Waals surface area contributed by atoms with Gasteiger partial charge in [0.25, 0.3) is 5.91 Å². The molecule has 0 N–H and O–H groups in total. The van der Waals surface area contributed by atoms with Crippen LogP contribution in [0.15, 0.2) is 18.2 Å². The van der Waals surface area contributed by atoms with Crippen LogP contribution in [0, 0.1) is 13.8 Å². The minimum atomic E-state index is -0.243. The number of methoxy groups -OCH3 is 1. The molecule has 0 saturated carbocycles. The molecule has 0 bridgehead atoms. The number of carbonyl (C=O) groups is 2. The summed E-state index contributed by atoms with van der Waals surface area (Å²) in [4.78, 5) is 25.0. The van der Waals surface area contributed by atoms with Crippen molar-refractivity contribution in [3.05, 3.63) is 34.9 Å². The SMILES string of the molecule is COC(=O)CCCN(C)C(=O)c1c(C)cccc1C. The molecule has 0 fully saturated rings. The molecule has 19 heavy (non-hydrogen) atoms. The van der Waals surface area contributed by atoms with Gasteiger partial charge in [0.15, 0.2) is 0 Å². The number of benzene rings is 1. The quantitative estimate of drug-likeness (QED) is 0.766. The van der Waals surface area contributed by atoms with Gasteiger partial charge in [-0.05, 0) is 31.4 Å². The second-order valence-electron chi connectivity index (χ2n) is 4.67.